The van der Waals surface area contributed by atoms with Crippen LogP contribution in [0, 0.1) is 0 Å². The molecule has 1 aromatic rings. The first-order valence-corrected chi connectivity index (χ1v) is 6.29. The Morgan fingerprint density at radius 1 is 1.33 bits per heavy atom. The van der Waals surface area contributed by atoms with E-state index in [1.165, 1.54) is 0 Å². The number of nitrogens with one attached hydrogen (secondary N) is 1. The van der Waals surface area contributed by atoms with Crippen molar-refractivity contribution in [3.8, 4) is 0 Å². The van der Waals surface area contributed by atoms with Crippen LogP contribution in [0.3, 0.4) is 0 Å². The van der Waals surface area contributed by atoms with Gasteiger partial charge in [-0.2, -0.15) is 0 Å². The van der Waals surface area contributed by atoms with Crippen LogP contribution in [0.15, 0.2) is 30.3 Å². The fourth-order valence-electron chi connectivity index (χ4n) is 1.78. The second-order valence-corrected chi connectivity index (χ2v) is 4.74. The molecular formula is C14H22N2O2. The van der Waals surface area contributed by atoms with Gasteiger partial charge in [-0.3, -0.25) is 4.79 Å². The number of rotatable bonds is 8. The van der Waals surface area contributed by atoms with Crippen molar-refractivity contribution in [1.82, 2.24) is 5.32 Å². The first-order chi connectivity index (χ1) is 8.52. The molecule has 1 atom stereocenters. The molecule has 0 saturated heterocycles. The summed E-state index contributed by atoms with van der Waals surface area (Å²) in [5.41, 5.74) is 5.08. The van der Waals surface area contributed by atoms with Crippen molar-refractivity contribution in [2.24, 2.45) is 5.73 Å². The summed E-state index contributed by atoms with van der Waals surface area (Å²) in [6.45, 7) is 3.06. The molecule has 4 N–H and O–H groups in total. The molecule has 0 bridgehead atoms. The fraction of sp³-hybridized carbons (Fsp3) is 0.500. The molecule has 4 nitrogen and oxygen atoms in total. The largest absolute Gasteiger partial charge is 0.384 e. The highest BCUT2D eigenvalue weighted by atomic mass is 16.3. The lowest BCUT2D eigenvalue weighted by atomic mass is 9.96. The van der Waals surface area contributed by atoms with Crippen LogP contribution in [-0.2, 0) is 10.4 Å². The summed E-state index contributed by atoms with van der Waals surface area (Å²) < 4.78 is 0. The van der Waals surface area contributed by atoms with E-state index in [0.29, 0.717) is 13.0 Å². The third-order valence-corrected chi connectivity index (χ3v) is 2.89. The molecule has 0 aliphatic carbocycles. The van der Waals surface area contributed by atoms with Crippen LogP contribution < -0.4 is 11.1 Å². The van der Waals surface area contributed by atoms with E-state index < -0.39 is 5.60 Å². The summed E-state index contributed by atoms with van der Waals surface area (Å²) in [6, 6.07) is 9.58. The van der Waals surface area contributed by atoms with Crippen molar-refractivity contribution in [2.75, 3.05) is 13.1 Å². The quantitative estimate of drug-likeness (QED) is 0.606. The number of hydrogen-bond acceptors (Lipinski definition) is 3. The van der Waals surface area contributed by atoms with E-state index in [4.69, 9.17) is 5.73 Å². The number of amides is 1. The maximum absolute atomic E-state index is 10.5. The van der Waals surface area contributed by atoms with Gasteiger partial charge in [0.15, 0.2) is 0 Å². The molecule has 1 amide bonds. The minimum Gasteiger partial charge on any atom is -0.384 e. The number of carbonyl (C=O) groups is 1. The zero-order valence-corrected chi connectivity index (χ0v) is 10.9. The molecule has 0 spiro atoms. The minimum absolute atomic E-state index is 0.258. The highest BCUT2D eigenvalue weighted by Crippen LogP contribution is 2.18. The van der Waals surface area contributed by atoms with Crippen LogP contribution >= 0.6 is 0 Å². The van der Waals surface area contributed by atoms with Gasteiger partial charge in [-0.1, -0.05) is 30.3 Å². The number of aliphatic hydroxyl groups is 1. The average molecular weight is 250 g/mol. The summed E-state index contributed by atoms with van der Waals surface area (Å²) in [6.07, 6.45) is 2.10. The maximum Gasteiger partial charge on any atom is 0.217 e. The fourth-order valence-corrected chi connectivity index (χ4v) is 1.78. The van der Waals surface area contributed by atoms with Gasteiger partial charge in [0.1, 0.15) is 0 Å². The number of carbonyl (C=O) groups excluding carboxylic acids is 1. The molecular weight excluding hydrogens is 228 g/mol. The first kappa shape index (κ1) is 14.7. The third kappa shape index (κ3) is 5.29. The molecule has 4 heteroatoms. The molecule has 100 valence electrons. The van der Waals surface area contributed by atoms with Crippen LogP contribution in [0.25, 0.3) is 0 Å². The average Bonchev–Trinajstić information content (AvgIpc) is 2.34. The van der Waals surface area contributed by atoms with Gasteiger partial charge in [0.25, 0.3) is 0 Å². The van der Waals surface area contributed by atoms with E-state index in [2.05, 4.69) is 5.32 Å². The van der Waals surface area contributed by atoms with Gasteiger partial charge < -0.3 is 16.2 Å². The van der Waals surface area contributed by atoms with Crippen LogP contribution in [0.2, 0.25) is 0 Å². The Morgan fingerprint density at radius 2 is 2.00 bits per heavy atom. The van der Waals surface area contributed by atoms with Gasteiger partial charge in [0.05, 0.1) is 5.60 Å². The molecule has 1 aromatic carbocycles. The topological polar surface area (TPSA) is 75.3 Å². The summed E-state index contributed by atoms with van der Waals surface area (Å²) in [7, 11) is 0. The Morgan fingerprint density at radius 3 is 2.61 bits per heavy atom. The zero-order valence-electron chi connectivity index (χ0n) is 10.9. The third-order valence-electron chi connectivity index (χ3n) is 2.89. The first-order valence-electron chi connectivity index (χ1n) is 6.29. The predicted molar refractivity (Wildman–Crippen MR) is 71.9 cm³/mol. The maximum atomic E-state index is 10.5. The molecule has 1 rings (SSSR count). The van der Waals surface area contributed by atoms with E-state index >= 15 is 0 Å². The molecule has 0 radical (unpaired) electrons. The van der Waals surface area contributed by atoms with Crippen molar-refractivity contribution in [1.29, 1.82) is 0 Å². The van der Waals surface area contributed by atoms with Crippen molar-refractivity contribution in [3.05, 3.63) is 35.9 Å². The molecule has 0 saturated carbocycles. The number of unbranched alkanes of at least 4 members (excludes halogenated alkanes) is 1. The van der Waals surface area contributed by atoms with E-state index in [1.54, 1.807) is 6.92 Å². The van der Waals surface area contributed by atoms with Crippen molar-refractivity contribution in [2.45, 2.75) is 31.8 Å². The summed E-state index contributed by atoms with van der Waals surface area (Å²) in [4.78, 5) is 10.5. The second kappa shape index (κ2) is 7.13. The Kier molecular flexibility index (Phi) is 5.82. The molecule has 0 aliphatic heterocycles. The molecule has 18 heavy (non-hydrogen) atoms. The zero-order chi connectivity index (χ0) is 13.4. The summed E-state index contributed by atoms with van der Waals surface area (Å²) in [5.74, 6) is -0.258. The van der Waals surface area contributed by atoms with Gasteiger partial charge in [-0.05, 0) is 31.9 Å². The number of nitrogens with two attached hydrogens (primary N) is 1. The summed E-state index contributed by atoms with van der Waals surface area (Å²) >= 11 is 0. The summed E-state index contributed by atoms with van der Waals surface area (Å²) in [5, 5.41) is 13.5. The van der Waals surface area contributed by atoms with Gasteiger partial charge in [-0.15, -0.1) is 0 Å². The van der Waals surface area contributed by atoms with Crippen LogP contribution in [-0.4, -0.2) is 24.1 Å². The minimum atomic E-state index is -0.870. The Balaban J connectivity index is 2.24. The van der Waals surface area contributed by atoms with E-state index in [-0.39, 0.29) is 5.91 Å². The van der Waals surface area contributed by atoms with Crippen LogP contribution in [0.4, 0.5) is 0 Å². The predicted octanol–water partition coefficient (Wildman–Crippen LogP) is 1.14. The van der Waals surface area contributed by atoms with Crippen LogP contribution in [0.5, 0.6) is 0 Å². The van der Waals surface area contributed by atoms with Gasteiger partial charge >= 0.3 is 0 Å². The molecule has 0 heterocycles. The van der Waals surface area contributed by atoms with Crippen LogP contribution in [0.1, 0.15) is 31.7 Å². The lowest BCUT2D eigenvalue weighted by molar-refractivity contribution is -0.118. The van der Waals surface area contributed by atoms with Crippen molar-refractivity contribution < 1.29 is 9.90 Å². The van der Waals surface area contributed by atoms with Gasteiger partial charge in [-0.25, -0.2) is 0 Å². The Bertz CT molecular complexity index is 363. The highest BCUT2D eigenvalue weighted by molar-refractivity contribution is 5.73. The Labute approximate surface area is 108 Å². The van der Waals surface area contributed by atoms with E-state index in [0.717, 1.165) is 24.9 Å². The van der Waals surface area contributed by atoms with Crippen molar-refractivity contribution >= 4 is 5.91 Å². The molecule has 0 fully saturated rings. The molecule has 0 aliphatic rings. The Hall–Kier alpha value is -1.39. The standard InChI is InChI=1S/C14H22N2O2/c1-14(18,12-7-3-2-4-8-12)11-16-10-6-5-9-13(15)17/h2-4,7-8,16,18H,5-6,9-11H2,1H3,(H2,15,17). The van der Waals surface area contributed by atoms with Gasteiger partial charge in [0.2, 0.25) is 5.91 Å². The lowest BCUT2D eigenvalue weighted by Gasteiger charge is -2.24. The monoisotopic (exact) mass is 250 g/mol. The highest BCUT2D eigenvalue weighted by Gasteiger charge is 2.21. The number of hydrogen-bond donors (Lipinski definition) is 3. The molecule has 1 unspecified atom stereocenters. The molecule has 0 aromatic heterocycles. The van der Waals surface area contributed by atoms with E-state index in [1.807, 2.05) is 30.3 Å². The smallest absolute Gasteiger partial charge is 0.217 e. The normalized spacial score (nSPS) is 14.1. The van der Waals surface area contributed by atoms with E-state index in [9.17, 15) is 9.90 Å². The lowest BCUT2D eigenvalue weighted by Crippen LogP contribution is -2.35. The number of primary amides is 1. The van der Waals surface area contributed by atoms with Crippen molar-refractivity contribution in [3.63, 3.8) is 0 Å². The number of benzene rings is 1. The SMILES string of the molecule is CC(O)(CNCCCCC(N)=O)c1ccccc1. The second-order valence-electron chi connectivity index (χ2n) is 4.74. The van der Waals surface area contributed by atoms with Gasteiger partial charge in [0, 0.05) is 13.0 Å².